The van der Waals surface area contributed by atoms with Gasteiger partial charge in [0.15, 0.2) is 0 Å². The molecular weight excluding hydrogens is 241 g/mol. The van der Waals surface area contributed by atoms with Crippen LogP contribution in [0, 0.1) is 11.2 Å². The minimum Gasteiger partial charge on any atom is -0.495 e. The van der Waals surface area contributed by atoms with E-state index in [1.54, 1.807) is 0 Å². The molecule has 1 aliphatic heterocycles. The molecule has 1 heterocycles. The smallest absolute Gasteiger partial charge is 0.316 e. The minimum absolute atomic E-state index is 0.160. The van der Waals surface area contributed by atoms with Crippen molar-refractivity contribution in [2.24, 2.45) is 5.41 Å². The Morgan fingerprint density at radius 1 is 1.61 bits per heavy atom. The number of nitrogens with one attached hydrogen (secondary N) is 1. The van der Waals surface area contributed by atoms with Gasteiger partial charge in [0.2, 0.25) is 0 Å². The highest BCUT2D eigenvalue weighted by atomic mass is 19.1. The summed E-state index contributed by atoms with van der Waals surface area (Å²) in [5, 5.41) is 12.0. The van der Waals surface area contributed by atoms with Crippen LogP contribution < -0.4 is 10.1 Å². The fourth-order valence-corrected chi connectivity index (χ4v) is 1.73. The predicted octanol–water partition coefficient (Wildman–Crippen LogP) is 1.35. The van der Waals surface area contributed by atoms with Gasteiger partial charge in [-0.05, 0) is 12.1 Å². The van der Waals surface area contributed by atoms with E-state index in [2.05, 4.69) is 5.32 Å². The van der Waals surface area contributed by atoms with E-state index >= 15 is 0 Å². The first-order valence-corrected chi connectivity index (χ1v) is 5.46. The third kappa shape index (κ3) is 2.24. The second kappa shape index (κ2) is 4.81. The van der Waals surface area contributed by atoms with Gasteiger partial charge < -0.3 is 19.9 Å². The van der Waals surface area contributed by atoms with Crippen LogP contribution in [0.15, 0.2) is 18.2 Å². The molecule has 98 valence electrons. The number of hydrogen-bond acceptors (Lipinski definition) is 4. The number of benzene rings is 1. The van der Waals surface area contributed by atoms with Crippen LogP contribution in [0.5, 0.6) is 5.75 Å². The van der Waals surface area contributed by atoms with Crippen LogP contribution >= 0.6 is 0 Å². The van der Waals surface area contributed by atoms with Gasteiger partial charge in [-0.1, -0.05) is 0 Å². The van der Waals surface area contributed by atoms with Gasteiger partial charge in [-0.2, -0.15) is 0 Å². The van der Waals surface area contributed by atoms with Gasteiger partial charge in [0.05, 0.1) is 26.0 Å². The zero-order valence-corrected chi connectivity index (χ0v) is 9.90. The van der Waals surface area contributed by atoms with E-state index < -0.39 is 17.2 Å². The Hall–Kier alpha value is -1.82. The van der Waals surface area contributed by atoms with Crippen molar-refractivity contribution in [3.05, 3.63) is 24.0 Å². The summed E-state index contributed by atoms with van der Waals surface area (Å²) in [7, 11) is 1.47. The van der Waals surface area contributed by atoms with Crippen molar-refractivity contribution in [1.82, 2.24) is 0 Å². The molecular formula is C12H14FNO4. The van der Waals surface area contributed by atoms with E-state index in [4.69, 9.17) is 14.6 Å². The number of anilines is 1. The van der Waals surface area contributed by atoms with Gasteiger partial charge in [0.1, 0.15) is 17.0 Å². The van der Waals surface area contributed by atoms with Crippen LogP contribution in [0.25, 0.3) is 0 Å². The zero-order valence-electron chi connectivity index (χ0n) is 9.90. The van der Waals surface area contributed by atoms with Crippen molar-refractivity contribution in [2.45, 2.75) is 0 Å². The summed E-state index contributed by atoms with van der Waals surface area (Å²) in [6.45, 7) is 0.488. The maximum absolute atomic E-state index is 13.1. The molecule has 18 heavy (non-hydrogen) atoms. The third-order valence-electron chi connectivity index (χ3n) is 2.99. The summed E-state index contributed by atoms with van der Waals surface area (Å²) in [6, 6.07) is 4.04. The van der Waals surface area contributed by atoms with Gasteiger partial charge in [-0.15, -0.1) is 0 Å². The predicted molar refractivity (Wildman–Crippen MR) is 62.3 cm³/mol. The fourth-order valence-electron chi connectivity index (χ4n) is 1.73. The number of ether oxygens (including phenoxy) is 2. The van der Waals surface area contributed by atoms with Crippen molar-refractivity contribution >= 4 is 11.7 Å². The first kappa shape index (κ1) is 12.6. The molecule has 0 bridgehead atoms. The molecule has 1 aromatic carbocycles. The first-order chi connectivity index (χ1) is 8.57. The molecule has 1 saturated heterocycles. The number of hydrogen-bond donors (Lipinski definition) is 2. The molecule has 0 spiro atoms. The number of halogens is 1. The summed E-state index contributed by atoms with van der Waals surface area (Å²) in [4.78, 5) is 11.1. The van der Waals surface area contributed by atoms with E-state index in [-0.39, 0.29) is 19.8 Å². The lowest BCUT2D eigenvalue weighted by Gasteiger charge is -2.37. The topological polar surface area (TPSA) is 67.8 Å². The zero-order chi connectivity index (χ0) is 13.2. The highest BCUT2D eigenvalue weighted by Gasteiger charge is 2.46. The molecule has 1 aromatic rings. The monoisotopic (exact) mass is 255 g/mol. The summed E-state index contributed by atoms with van der Waals surface area (Å²) in [5.41, 5.74) is -0.498. The van der Waals surface area contributed by atoms with Crippen molar-refractivity contribution < 1.29 is 23.8 Å². The lowest BCUT2D eigenvalue weighted by molar-refractivity contribution is -0.176. The average molecular weight is 255 g/mol. The normalized spacial score (nSPS) is 16.8. The molecule has 2 rings (SSSR count). The van der Waals surface area contributed by atoms with E-state index in [1.165, 1.54) is 25.3 Å². The van der Waals surface area contributed by atoms with Crippen molar-refractivity contribution in [1.29, 1.82) is 0 Å². The van der Waals surface area contributed by atoms with Crippen LogP contribution in [-0.2, 0) is 9.53 Å². The fraction of sp³-hybridized carbons (Fsp3) is 0.417. The van der Waals surface area contributed by atoms with Crippen LogP contribution in [0.4, 0.5) is 10.1 Å². The van der Waals surface area contributed by atoms with E-state index in [1.807, 2.05) is 0 Å². The molecule has 0 unspecified atom stereocenters. The highest BCUT2D eigenvalue weighted by Crippen LogP contribution is 2.31. The number of carboxylic acid groups (broad SMARTS) is 1. The van der Waals surface area contributed by atoms with Crippen molar-refractivity contribution in [2.75, 3.05) is 32.2 Å². The quantitative estimate of drug-likeness (QED) is 0.831. The summed E-state index contributed by atoms with van der Waals surface area (Å²) >= 11 is 0. The van der Waals surface area contributed by atoms with Gasteiger partial charge in [0, 0.05) is 12.6 Å². The Balaban J connectivity index is 2.10. The number of carbonyl (C=O) groups is 1. The number of rotatable bonds is 5. The van der Waals surface area contributed by atoms with E-state index in [9.17, 15) is 9.18 Å². The highest BCUT2D eigenvalue weighted by molar-refractivity contribution is 5.77. The van der Waals surface area contributed by atoms with Crippen LogP contribution in [0.3, 0.4) is 0 Å². The minimum atomic E-state index is -0.933. The Morgan fingerprint density at radius 2 is 2.33 bits per heavy atom. The Morgan fingerprint density at radius 3 is 2.83 bits per heavy atom. The molecule has 0 atom stereocenters. The molecule has 0 radical (unpaired) electrons. The Kier molecular flexibility index (Phi) is 3.38. The lowest BCUT2D eigenvalue weighted by Crippen LogP contribution is -2.53. The third-order valence-corrected chi connectivity index (χ3v) is 2.99. The van der Waals surface area contributed by atoms with Crippen LogP contribution in [0.2, 0.25) is 0 Å². The van der Waals surface area contributed by atoms with E-state index in [0.717, 1.165) is 0 Å². The second-order valence-electron chi connectivity index (χ2n) is 4.28. The maximum Gasteiger partial charge on any atom is 0.316 e. The summed E-state index contributed by atoms with van der Waals surface area (Å²) < 4.78 is 23.1. The van der Waals surface area contributed by atoms with Crippen LogP contribution in [-0.4, -0.2) is 37.9 Å². The summed E-state index contributed by atoms with van der Waals surface area (Å²) in [5.74, 6) is -0.860. The van der Waals surface area contributed by atoms with Crippen molar-refractivity contribution in [3.63, 3.8) is 0 Å². The molecule has 6 heteroatoms. The lowest BCUT2D eigenvalue weighted by atomic mass is 9.86. The second-order valence-corrected chi connectivity index (χ2v) is 4.28. The molecule has 1 fully saturated rings. The number of aliphatic carboxylic acids is 1. The largest absolute Gasteiger partial charge is 0.495 e. The molecule has 0 amide bonds. The Labute approximate surface area is 104 Å². The number of methoxy groups -OCH3 is 1. The standard InChI is InChI=1S/C12H14FNO4/c1-17-10-3-2-8(13)4-9(10)14-5-12(11(15)16)6-18-7-12/h2-4,14H,5-7H2,1H3,(H,15,16). The Bertz CT molecular complexity index is 459. The van der Waals surface area contributed by atoms with Gasteiger partial charge >= 0.3 is 5.97 Å². The SMILES string of the molecule is COc1ccc(F)cc1NCC1(C(=O)O)COC1. The molecule has 0 aliphatic carbocycles. The maximum atomic E-state index is 13.1. The molecule has 0 aromatic heterocycles. The summed E-state index contributed by atoms with van der Waals surface area (Å²) in [6.07, 6.45) is 0. The average Bonchev–Trinajstić information content (AvgIpc) is 2.27. The number of carboxylic acids is 1. The molecule has 5 nitrogen and oxygen atoms in total. The van der Waals surface area contributed by atoms with E-state index in [0.29, 0.717) is 11.4 Å². The molecule has 2 N–H and O–H groups in total. The molecule has 1 aliphatic rings. The van der Waals surface area contributed by atoms with Crippen molar-refractivity contribution in [3.8, 4) is 5.75 Å². The first-order valence-electron chi connectivity index (χ1n) is 5.46. The van der Waals surface area contributed by atoms with Gasteiger partial charge in [-0.25, -0.2) is 4.39 Å². The van der Waals surface area contributed by atoms with Gasteiger partial charge in [-0.3, -0.25) is 4.79 Å². The van der Waals surface area contributed by atoms with Gasteiger partial charge in [0.25, 0.3) is 0 Å². The van der Waals surface area contributed by atoms with Crippen LogP contribution in [0.1, 0.15) is 0 Å². The molecule has 0 saturated carbocycles.